The third-order valence-electron chi connectivity index (χ3n) is 1.56. The number of rotatable bonds is 0. The average Bonchev–Trinajstić information content (AvgIpc) is 2.54. The Morgan fingerprint density at radius 1 is 0.625 bits per heavy atom. The van der Waals surface area contributed by atoms with Gasteiger partial charge in [-0.15, -0.1) is 0 Å². The summed E-state index contributed by atoms with van der Waals surface area (Å²) in [6.45, 7) is 4.33. The van der Waals surface area contributed by atoms with Crippen molar-refractivity contribution < 1.29 is 84.0 Å². The molecule has 0 saturated carbocycles. The van der Waals surface area contributed by atoms with E-state index in [1.807, 2.05) is 0 Å². The SMILES string of the molecule is CC(=O)O.CC(=O)O.CC(=O)O.CC(=O)O.N#Cc1c(O)c(Cl)c(Cl)c(O)c1C#N.[Mn].[Mn]. The smallest absolute Gasteiger partial charge is 0.300 e. The van der Waals surface area contributed by atoms with Gasteiger partial charge in [0, 0.05) is 61.8 Å². The predicted octanol–water partition coefficient (Wildman–Crippen LogP) is 2.51. The van der Waals surface area contributed by atoms with Crippen molar-refractivity contribution in [3.05, 3.63) is 21.2 Å². The van der Waals surface area contributed by atoms with Crippen LogP contribution in [-0.4, -0.2) is 54.5 Å². The van der Waals surface area contributed by atoms with Crippen LogP contribution in [0.1, 0.15) is 38.8 Å². The van der Waals surface area contributed by atoms with Crippen molar-refractivity contribution in [3.8, 4) is 23.6 Å². The Morgan fingerprint density at radius 2 is 0.750 bits per heavy atom. The first-order valence-electron chi connectivity index (χ1n) is 6.98. The maximum atomic E-state index is 9.31. The molecule has 0 heterocycles. The van der Waals surface area contributed by atoms with Crippen LogP contribution in [-0.2, 0) is 53.3 Å². The van der Waals surface area contributed by atoms with Gasteiger partial charge in [0.05, 0.1) is 0 Å². The number of carboxylic acids is 4. The molecule has 0 atom stereocenters. The minimum atomic E-state index is -0.833. The van der Waals surface area contributed by atoms with Crippen LogP contribution < -0.4 is 0 Å². The van der Waals surface area contributed by atoms with Crippen molar-refractivity contribution in [1.29, 1.82) is 10.5 Å². The minimum Gasteiger partial charge on any atom is -0.505 e. The second-order valence-electron chi connectivity index (χ2n) is 4.37. The summed E-state index contributed by atoms with van der Waals surface area (Å²) in [5.41, 5.74) is -0.779. The van der Waals surface area contributed by atoms with Gasteiger partial charge in [-0.1, -0.05) is 23.2 Å². The van der Waals surface area contributed by atoms with Gasteiger partial charge in [-0.3, -0.25) is 19.2 Å². The molecule has 0 spiro atoms. The van der Waals surface area contributed by atoms with E-state index in [4.69, 9.17) is 73.3 Å². The maximum Gasteiger partial charge on any atom is 0.300 e. The number of phenolic OH excluding ortho intramolecular Hbond substituents is 2. The number of phenols is 2. The quantitative estimate of drug-likeness (QED) is 0.192. The summed E-state index contributed by atoms with van der Waals surface area (Å²) in [4.78, 5) is 36.0. The largest absolute Gasteiger partial charge is 0.505 e. The van der Waals surface area contributed by atoms with Crippen LogP contribution >= 0.6 is 23.2 Å². The standard InChI is InChI=1S/C8H2Cl2N2O2.4C2H4O2.2Mn/c9-5-6(10)8(14)4(2-12)3(1-11)7(5)13;4*1-2(3)4;;/h13-14H;4*1H3,(H,3,4);;. The van der Waals surface area contributed by atoms with Crippen LogP contribution in [0.3, 0.4) is 0 Å². The van der Waals surface area contributed by atoms with Crippen molar-refractivity contribution in [2.75, 3.05) is 0 Å². The van der Waals surface area contributed by atoms with Crippen molar-refractivity contribution in [3.63, 3.8) is 0 Å². The monoisotopic (exact) mass is 578 g/mol. The van der Waals surface area contributed by atoms with E-state index in [1.54, 1.807) is 12.1 Å². The number of hydrogen-bond acceptors (Lipinski definition) is 8. The molecule has 0 aliphatic heterocycles. The Balaban J connectivity index is -0.0000000784. The van der Waals surface area contributed by atoms with Crippen LogP contribution in [0.15, 0.2) is 0 Å². The third kappa shape index (κ3) is 29.5. The molecule has 12 nitrogen and oxygen atoms in total. The Kier molecular flexibility index (Phi) is 33.2. The normalized spacial score (nSPS) is 7.12. The molecular weight excluding hydrogens is 561 g/mol. The molecule has 2 radical (unpaired) electrons. The van der Waals surface area contributed by atoms with Gasteiger partial charge in [-0.05, 0) is 0 Å². The third-order valence-corrected chi connectivity index (χ3v) is 2.39. The van der Waals surface area contributed by atoms with Crippen LogP contribution in [0.5, 0.6) is 11.5 Å². The molecule has 0 aliphatic rings. The summed E-state index contributed by atoms with van der Waals surface area (Å²) in [6, 6.07) is 3.10. The predicted molar refractivity (Wildman–Crippen MR) is 102 cm³/mol. The zero-order chi connectivity index (χ0) is 25.2. The van der Waals surface area contributed by atoms with Gasteiger partial charge in [0.2, 0.25) is 0 Å². The van der Waals surface area contributed by atoms with Crippen LogP contribution in [0.2, 0.25) is 10.0 Å². The zero-order valence-corrected chi connectivity index (χ0v) is 20.6. The molecule has 1 rings (SSSR count). The number of aliphatic carboxylic acids is 4. The van der Waals surface area contributed by atoms with Gasteiger partial charge in [-0.2, -0.15) is 10.5 Å². The second kappa shape index (κ2) is 24.6. The van der Waals surface area contributed by atoms with Crippen LogP contribution in [0.25, 0.3) is 0 Å². The Hall–Kier alpha value is -2.70. The van der Waals surface area contributed by atoms with E-state index in [-0.39, 0.29) is 55.3 Å². The van der Waals surface area contributed by atoms with Crippen LogP contribution in [0, 0.1) is 22.7 Å². The van der Waals surface area contributed by atoms with Gasteiger partial charge in [0.25, 0.3) is 23.9 Å². The molecule has 0 aliphatic carbocycles. The Morgan fingerprint density at radius 3 is 0.844 bits per heavy atom. The molecule has 0 bridgehead atoms. The number of aromatic hydroxyl groups is 2. The molecule has 1 aromatic carbocycles. The fourth-order valence-electron chi connectivity index (χ4n) is 0.882. The van der Waals surface area contributed by atoms with Crippen molar-refractivity contribution in [2.24, 2.45) is 0 Å². The maximum absolute atomic E-state index is 9.31. The zero-order valence-electron chi connectivity index (χ0n) is 16.7. The fraction of sp³-hybridized carbons (Fsp3) is 0.250. The first-order chi connectivity index (χ1) is 13.5. The number of hydrogen-bond donors (Lipinski definition) is 6. The van der Waals surface area contributed by atoms with Gasteiger partial charge in [-0.25, -0.2) is 0 Å². The van der Waals surface area contributed by atoms with E-state index in [1.165, 1.54) is 0 Å². The molecular formula is C16H18Cl2Mn2N2O10. The number of carbonyl (C=O) groups is 4. The molecule has 32 heavy (non-hydrogen) atoms. The second-order valence-corrected chi connectivity index (χ2v) is 5.13. The van der Waals surface area contributed by atoms with E-state index in [0.717, 1.165) is 27.7 Å². The minimum absolute atomic E-state index is 0. The van der Waals surface area contributed by atoms with E-state index >= 15 is 0 Å². The number of nitriles is 2. The molecule has 0 amide bonds. The van der Waals surface area contributed by atoms with Crippen molar-refractivity contribution in [1.82, 2.24) is 0 Å². The van der Waals surface area contributed by atoms with Gasteiger partial charge in [0.15, 0.2) is 11.5 Å². The summed E-state index contributed by atoms with van der Waals surface area (Å²) < 4.78 is 0. The summed E-state index contributed by atoms with van der Waals surface area (Å²) in [5, 5.41) is 64.8. The topological polar surface area (TPSA) is 237 Å². The molecule has 0 fully saturated rings. The Bertz CT molecular complexity index is 744. The molecule has 0 aromatic heterocycles. The van der Waals surface area contributed by atoms with Gasteiger partial charge in [0.1, 0.15) is 33.3 Å². The van der Waals surface area contributed by atoms with Gasteiger partial charge < -0.3 is 30.6 Å². The summed E-state index contributed by atoms with van der Waals surface area (Å²) in [5.74, 6) is -4.54. The summed E-state index contributed by atoms with van der Waals surface area (Å²) >= 11 is 11.0. The number of halogens is 2. The fourth-order valence-corrected chi connectivity index (χ4v) is 1.25. The molecule has 180 valence electrons. The van der Waals surface area contributed by atoms with Gasteiger partial charge >= 0.3 is 0 Å². The van der Waals surface area contributed by atoms with Crippen molar-refractivity contribution in [2.45, 2.75) is 27.7 Å². The van der Waals surface area contributed by atoms with E-state index in [2.05, 4.69) is 0 Å². The molecule has 6 N–H and O–H groups in total. The van der Waals surface area contributed by atoms with E-state index in [9.17, 15) is 10.2 Å². The first-order valence-corrected chi connectivity index (χ1v) is 7.74. The van der Waals surface area contributed by atoms with Crippen molar-refractivity contribution >= 4 is 47.1 Å². The average molecular weight is 579 g/mol. The molecule has 1 aromatic rings. The molecule has 0 saturated heterocycles. The summed E-state index contributed by atoms with van der Waals surface area (Å²) in [6.07, 6.45) is 0. The number of nitrogens with zero attached hydrogens (tertiary/aromatic N) is 2. The molecule has 16 heteroatoms. The number of carboxylic acid groups (broad SMARTS) is 4. The number of benzene rings is 1. The Labute approximate surface area is 213 Å². The van der Waals surface area contributed by atoms with Crippen LogP contribution in [0.4, 0.5) is 0 Å². The van der Waals surface area contributed by atoms with E-state index < -0.39 is 35.4 Å². The van der Waals surface area contributed by atoms with E-state index in [0.29, 0.717) is 0 Å². The summed E-state index contributed by atoms with van der Waals surface area (Å²) in [7, 11) is 0. The molecule has 0 unspecified atom stereocenters. The first kappa shape index (κ1) is 43.2.